The fourth-order valence-corrected chi connectivity index (χ4v) is 2.11. The molecule has 2 nitrogen and oxygen atoms in total. The summed E-state index contributed by atoms with van der Waals surface area (Å²) in [7, 11) is 0. The van der Waals surface area contributed by atoms with Crippen molar-refractivity contribution in [3.8, 4) is 6.07 Å². The highest BCUT2D eigenvalue weighted by Crippen LogP contribution is 2.25. The van der Waals surface area contributed by atoms with Crippen molar-refractivity contribution in [2.75, 3.05) is 0 Å². The molecular formula is C15H9Cl2NO. The third-order valence-electron chi connectivity index (χ3n) is 2.73. The van der Waals surface area contributed by atoms with Crippen LogP contribution in [-0.4, -0.2) is 5.78 Å². The Labute approximate surface area is 121 Å². The normalized spacial score (nSPS) is 11.6. The van der Waals surface area contributed by atoms with E-state index in [4.69, 9.17) is 23.2 Å². The van der Waals surface area contributed by atoms with Crippen LogP contribution >= 0.6 is 23.2 Å². The van der Waals surface area contributed by atoms with Crippen LogP contribution in [0.5, 0.6) is 0 Å². The average Bonchev–Trinajstić information content (AvgIpc) is 2.42. The molecule has 0 saturated heterocycles. The third-order valence-corrected chi connectivity index (χ3v) is 3.32. The van der Waals surface area contributed by atoms with Gasteiger partial charge in [0.2, 0.25) is 0 Å². The Bertz CT molecular complexity index is 644. The van der Waals surface area contributed by atoms with Gasteiger partial charge in [0.1, 0.15) is 5.92 Å². The van der Waals surface area contributed by atoms with Crippen molar-refractivity contribution in [2.45, 2.75) is 5.92 Å². The number of halogens is 2. The monoisotopic (exact) mass is 289 g/mol. The molecule has 0 amide bonds. The highest BCUT2D eigenvalue weighted by molar-refractivity contribution is 6.34. The summed E-state index contributed by atoms with van der Waals surface area (Å²) in [6.07, 6.45) is 0. The molecule has 19 heavy (non-hydrogen) atoms. The lowest BCUT2D eigenvalue weighted by molar-refractivity contribution is 0.0979. The van der Waals surface area contributed by atoms with Gasteiger partial charge in [-0.2, -0.15) is 5.26 Å². The van der Waals surface area contributed by atoms with Crippen LogP contribution < -0.4 is 0 Å². The van der Waals surface area contributed by atoms with Gasteiger partial charge in [0, 0.05) is 10.6 Å². The summed E-state index contributed by atoms with van der Waals surface area (Å²) in [6.45, 7) is 0. The van der Waals surface area contributed by atoms with Crippen LogP contribution in [0, 0.1) is 11.3 Å². The molecule has 2 rings (SSSR count). The Balaban J connectivity index is 2.38. The number of rotatable bonds is 3. The molecule has 0 fully saturated rings. The van der Waals surface area contributed by atoms with E-state index in [1.807, 2.05) is 6.07 Å². The van der Waals surface area contributed by atoms with Gasteiger partial charge in [-0.05, 0) is 29.8 Å². The van der Waals surface area contributed by atoms with Gasteiger partial charge in [-0.3, -0.25) is 4.79 Å². The highest BCUT2D eigenvalue weighted by atomic mass is 35.5. The van der Waals surface area contributed by atoms with Gasteiger partial charge in [0.05, 0.1) is 11.1 Å². The number of Topliss-reactive ketones (excluding diaryl/α,β-unsaturated/α-hetero) is 1. The average molecular weight is 290 g/mol. The van der Waals surface area contributed by atoms with Gasteiger partial charge < -0.3 is 0 Å². The molecule has 0 aliphatic heterocycles. The molecule has 1 atom stereocenters. The van der Waals surface area contributed by atoms with Crippen molar-refractivity contribution in [2.24, 2.45) is 0 Å². The van der Waals surface area contributed by atoms with Crippen molar-refractivity contribution >= 4 is 29.0 Å². The van der Waals surface area contributed by atoms with Crippen LogP contribution in [0.4, 0.5) is 0 Å². The molecular weight excluding hydrogens is 281 g/mol. The van der Waals surface area contributed by atoms with Gasteiger partial charge in [-0.1, -0.05) is 47.5 Å². The largest absolute Gasteiger partial charge is 0.292 e. The van der Waals surface area contributed by atoms with E-state index in [1.165, 1.54) is 0 Å². The Morgan fingerprint density at radius 1 is 1.05 bits per heavy atom. The maximum Gasteiger partial charge on any atom is 0.185 e. The molecule has 0 spiro atoms. The fourth-order valence-electron chi connectivity index (χ4n) is 1.76. The summed E-state index contributed by atoms with van der Waals surface area (Å²) in [6, 6.07) is 15.4. The van der Waals surface area contributed by atoms with Crippen LogP contribution in [0.2, 0.25) is 10.0 Å². The van der Waals surface area contributed by atoms with Crippen molar-refractivity contribution in [3.63, 3.8) is 0 Å². The molecule has 0 aliphatic carbocycles. The second-order valence-corrected chi connectivity index (χ2v) is 4.80. The van der Waals surface area contributed by atoms with E-state index < -0.39 is 5.92 Å². The van der Waals surface area contributed by atoms with Crippen LogP contribution in [0.3, 0.4) is 0 Å². The van der Waals surface area contributed by atoms with Gasteiger partial charge in [-0.25, -0.2) is 0 Å². The number of hydrogen-bond acceptors (Lipinski definition) is 2. The Kier molecular flexibility index (Phi) is 4.21. The second kappa shape index (κ2) is 5.88. The minimum Gasteiger partial charge on any atom is -0.292 e. The Morgan fingerprint density at radius 3 is 2.26 bits per heavy atom. The number of carbonyl (C=O) groups is 1. The topological polar surface area (TPSA) is 40.9 Å². The molecule has 2 aromatic rings. The van der Waals surface area contributed by atoms with E-state index in [0.29, 0.717) is 21.2 Å². The van der Waals surface area contributed by atoms with E-state index in [2.05, 4.69) is 0 Å². The second-order valence-electron chi connectivity index (χ2n) is 3.96. The maximum absolute atomic E-state index is 12.3. The minimum atomic E-state index is -0.878. The molecule has 4 heteroatoms. The maximum atomic E-state index is 12.3. The summed E-state index contributed by atoms with van der Waals surface area (Å²) < 4.78 is 0. The van der Waals surface area contributed by atoms with Crippen LogP contribution in [-0.2, 0) is 0 Å². The molecule has 0 aliphatic rings. The summed E-state index contributed by atoms with van der Waals surface area (Å²) in [5.74, 6) is -1.19. The first kappa shape index (κ1) is 13.6. The molecule has 0 radical (unpaired) electrons. The number of ketones is 1. The molecule has 94 valence electrons. The molecule has 0 bridgehead atoms. The van der Waals surface area contributed by atoms with Crippen LogP contribution in [0.1, 0.15) is 21.8 Å². The first-order valence-electron chi connectivity index (χ1n) is 5.57. The lowest BCUT2D eigenvalue weighted by Gasteiger charge is -2.09. The number of carbonyl (C=O) groups excluding carboxylic acids is 1. The van der Waals surface area contributed by atoms with Crippen molar-refractivity contribution < 1.29 is 4.79 Å². The van der Waals surface area contributed by atoms with Crippen LogP contribution in [0.25, 0.3) is 0 Å². The smallest absolute Gasteiger partial charge is 0.185 e. The first-order valence-corrected chi connectivity index (χ1v) is 6.33. The first-order chi connectivity index (χ1) is 9.13. The van der Waals surface area contributed by atoms with E-state index in [1.54, 1.807) is 48.5 Å². The van der Waals surface area contributed by atoms with Gasteiger partial charge >= 0.3 is 0 Å². The fraction of sp³-hybridized carbons (Fsp3) is 0.0667. The van der Waals surface area contributed by atoms with Crippen molar-refractivity contribution in [3.05, 3.63) is 69.7 Å². The predicted octanol–water partition coefficient (Wildman–Crippen LogP) is 4.48. The number of nitrogens with zero attached hydrogens (tertiary/aromatic N) is 1. The lowest BCUT2D eigenvalue weighted by atomic mass is 9.92. The quantitative estimate of drug-likeness (QED) is 0.782. The third kappa shape index (κ3) is 2.96. The van der Waals surface area contributed by atoms with E-state index >= 15 is 0 Å². The van der Waals surface area contributed by atoms with Gasteiger partial charge in [0.15, 0.2) is 5.78 Å². The molecule has 0 heterocycles. The zero-order valence-corrected chi connectivity index (χ0v) is 11.3. The van der Waals surface area contributed by atoms with E-state index in [0.717, 1.165) is 0 Å². The minimum absolute atomic E-state index is 0.310. The number of nitriles is 1. The van der Waals surface area contributed by atoms with Crippen molar-refractivity contribution in [1.82, 2.24) is 0 Å². The predicted molar refractivity (Wildman–Crippen MR) is 75.6 cm³/mol. The zero-order chi connectivity index (χ0) is 13.8. The summed E-state index contributed by atoms with van der Waals surface area (Å²) >= 11 is 11.8. The standard InChI is InChI=1S/C15H9Cl2NO/c16-11-7-5-10(6-8-11)13(9-18)15(19)12-3-1-2-4-14(12)17/h1-8,13H. The SMILES string of the molecule is N#CC(C(=O)c1ccccc1Cl)c1ccc(Cl)cc1. The highest BCUT2D eigenvalue weighted by Gasteiger charge is 2.23. The molecule has 0 aromatic heterocycles. The zero-order valence-electron chi connectivity index (χ0n) is 9.81. The van der Waals surface area contributed by atoms with E-state index in [9.17, 15) is 10.1 Å². The van der Waals surface area contributed by atoms with Crippen LogP contribution in [0.15, 0.2) is 48.5 Å². The Morgan fingerprint density at radius 2 is 1.68 bits per heavy atom. The Hall–Kier alpha value is -1.82. The molecule has 1 unspecified atom stereocenters. The molecule has 0 saturated carbocycles. The summed E-state index contributed by atoms with van der Waals surface area (Å²) in [5.41, 5.74) is 0.961. The molecule has 2 aromatic carbocycles. The van der Waals surface area contributed by atoms with Gasteiger partial charge in [0.25, 0.3) is 0 Å². The van der Waals surface area contributed by atoms with Gasteiger partial charge in [-0.15, -0.1) is 0 Å². The number of hydrogen-bond donors (Lipinski definition) is 0. The van der Waals surface area contributed by atoms with E-state index in [-0.39, 0.29) is 5.78 Å². The van der Waals surface area contributed by atoms with Crippen molar-refractivity contribution in [1.29, 1.82) is 5.26 Å². The summed E-state index contributed by atoms with van der Waals surface area (Å²) in [4.78, 5) is 12.3. The lowest BCUT2D eigenvalue weighted by Crippen LogP contribution is -2.11. The summed E-state index contributed by atoms with van der Waals surface area (Å²) in [5, 5.41) is 10.1. The molecule has 0 N–H and O–H groups in total. The number of benzene rings is 2.